The minimum absolute atomic E-state index is 0.139. The van der Waals surface area contributed by atoms with E-state index in [0.717, 1.165) is 45.4 Å². The van der Waals surface area contributed by atoms with Crippen molar-refractivity contribution in [3.05, 3.63) is 0 Å². The van der Waals surface area contributed by atoms with Crippen molar-refractivity contribution >= 4 is 6.03 Å². The molecule has 2 aliphatic rings. The van der Waals surface area contributed by atoms with Gasteiger partial charge in [0.25, 0.3) is 0 Å². The van der Waals surface area contributed by atoms with Crippen LogP contribution in [-0.4, -0.2) is 43.2 Å². The van der Waals surface area contributed by atoms with Gasteiger partial charge in [-0.2, -0.15) is 0 Å². The molecule has 16 heavy (non-hydrogen) atoms. The number of nitrogens with one attached hydrogen (secondary N) is 2. The van der Waals surface area contributed by atoms with Crippen molar-refractivity contribution in [2.45, 2.75) is 38.6 Å². The van der Waals surface area contributed by atoms with Gasteiger partial charge in [-0.25, -0.2) is 4.79 Å². The molecule has 2 fully saturated rings. The second-order valence-electron chi connectivity index (χ2n) is 5.07. The molecule has 0 aromatic heterocycles. The molecular weight excluding hydrogens is 202 g/mol. The first-order valence-corrected chi connectivity index (χ1v) is 6.53. The summed E-state index contributed by atoms with van der Waals surface area (Å²) < 4.78 is 0. The first kappa shape index (κ1) is 11.7. The number of hydrogen-bond acceptors (Lipinski definition) is 2. The first-order valence-electron chi connectivity index (χ1n) is 6.53. The lowest BCUT2D eigenvalue weighted by Gasteiger charge is -2.34. The molecule has 2 rings (SSSR count). The highest BCUT2D eigenvalue weighted by Gasteiger charge is 2.25. The molecule has 0 aliphatic carbocycles. The summed E-state index contributed by atoms with van der Waals surface area (Å²) in [5, 5.41) is 6.50. The number of carbonyl (C=O) groups is 1. The smallest absolute Gasteiger partial charge is 0.317 e. The standard InChI is InChI=1S/C12H23N3O/c1-10-5-6-13-9-11(10)14-12(16)15-7-3-2-4-8-15/h10-11,13H,2-9H2,1H3,(H,14,16). The normalized spacial score (nSPS) is 31.2. The average molecular weight is 225 g/mol. The molecule has 2 saturated heterocycles. The summed E-state index contributed by atoms with van der Waals surface area (Å²) in [5.41, 5.74) is 0. The van der Waals surface area contributed by atoms with E-state index in [1.165, 1.54) is 6.42 Å². The molecule has 92 valence electrons. The van der Waals surface area contributed by atoms with Gasteiger partial charge >= 0.3 is 6.03 Å². The fraction of sp³-hybridized carbons (Fsp3) is 0.917. The summed E-state index contributed by atoms with van der Waals surface area (Å²) in [6, 6.07) is 0.448. The van der Waals surface area contributed by atoms with Crippen LogP contribution in [0.3, 0.4) is 0 Å². The maximum atomic E-state index is 12.0. The number of piperidine rings is 2. The van der Waals surface area contributed by atoms with E-state index in [4.69, 9.17) is 0 Å². The third kappa shape index (κ3) is 2.88. The second kappa shape index (κ2) is 5.53. The van der Waals surface area contributed by atoms with Gasteiger partial charge in [0, 0.05) is 25.7 Å². The highest BCUT2D eigenvalue weighted by Crippen LogP contribution is 2.13. The van der Waals surface area contributed by atoms with Crippen LogP contribution in [0.2, 0.25) is 0 Å². The van der Waals surface area contributed by atoms with E-state index >= 15 is 0 Å². The van der Waals surface area contributed by atoms with Gasteiger partial charge in [-0.05, 0) is 38.1 Å². The summed E-state index contributed by atoms with van der Waals surface area (Å²) in [5.74, 6) is 0.593. The lowest BCUT2D eigenvalue weighted by Crippen LogP contribution is -2.54. The Bertz CT molecular complexity index is 238. The zero-order valence-electron chi connectivity index (χ0n) is 10.2. The molecular formula is C12H23N3O. The summed E-state index contributed by atoms with van der Waals surface area (Å²) in [7, 11) is 0. The van der Waals surface area contributed by atoms with Gasteiger partial charge in [-0.3, -0.25) is 0 Å². The topological polar surface area (TPSA) is 44.4 Å². The maximum absolute atomic E-state index is 12.0. The van der Waals surface area contributed by atoms with E-state index in [1.807, 2.05) is 4.90 Å². The number of urea groups is 1. The molecule has 2 unspecified atom stereocenters. The number of amides is 2. The summed E-state index contributed by atoms with van der Waals surface area (Å²) in [6.07, 6.45) is 4.74. The number of carbonyl (C=O) groups excluding carboxylic acids is 1. The third-order valence-electron chi connectivity index (χ3n) is 3.78. The van der Waals surface area contributed by atoms with E-state index in [2.05, 4.69) is 17.6 Å². The van der Waals surface area contributed by atoms with Gasteiger partial charge in [-0.1, -0.05) is 6.92 Å². The SMILES string of the molecule is CC1CCNCC1NC(=O)N1CCCCC1. The van der Waals surface area contributed by atoms with E-state index in [1.54, 1.807) is 0 Å². The van der Waals surface area contributed by atoms with Crippen LogP contribution in [-0.2, 0) is 0 Å². The molecule has 0 saturated carbocycles. The highest BCUT2D eigenvalue weighted by molar-refractivity contribution is 5.74. The molecule has 2 amide bonds. The minimum Gasteiger partial charge on any atom is -0.334 e. The van der Waals surface area contributed by atoms with Crippen molar-refractivity contribution in [3.8, 4) is 0 Å². The highest BCUT2D eigenvalue weighted by atomic mass is 16.2. The average Bonchev–Trinajstić information content (AvgIpc) is 2.33. The molecule has 2 N–H and O–H groups in total. The zero-order valence-corrected chi connectivity index (χ0v) is 10.2. The quantitative estimate of drug-likeness (QED) is 0.704. The van der Waals surface area contributed by atoms with Crippen LogP contribution in [0.4, 0.5) is 4.79 Å². The Kier molecular flexibility index (Phi) is 4.04. The Labute approximate surface area is 97.8 Å². The molecule has 0 aromatic carbocycles. The Morgan fingerprint density at radius 3 is 2.75 bits per heavy atom. The Balaban J connectivity index is 1.80. The van der Waals surface area contributed by atoms with Gasteiger partial charge in [0.05, 0.1) is 0 Å². The van der Waals surface area contributed by atoms with Crippen LogP contribution in [0.1, 0.15) is 32.6 Å². The zero-order chi connectivity index (χ0) is 11.4. The predicted octanol–water partition coefficient (Wildman–Crippen LogP) is 1.18. The third-order valence-corrected chi connectivity index (χ3v) is 3.78. The molecule has 0 radical (unpaired) electrons. The maximum Gasteiger partial charge on any atom is 0.317 e. The van der Waals surface area contributed by atoms with Crippen molar-refractivity contribution in [1.82, 2.24) is 15.5 Å². The van der Waals surface area contributed by atoms with Crippen molar-refractivity contribution < 1.29 is 4.79 Å². The Hall–Kier alpha value is -0.770. The lowest BCUT2D eigenvalue weighted by atomic mass is 9.95. The van der Waals surface area contributed by atoms with E-state index < -0.39 is 0 Å². The molecule has 4 nitrogen and oxygen atoms in total. The van der Waals surface area contributed by atoms with Crippen LogP contribution >= 0.6 is 0 Å². The number of nitrogens with zero attached hydrogens (tertiary/aromatic N) is 1. The van der Waals surface area contributed by atoms with Gasteiger partial charge in [0.2, 0.25) is 0 Å². The molecule has 0 bridgehead atoms. The van der Waals surface area contributed by atoms with Crippen molar-refractivity contribution in [3.63, 3.8) is 0 Å². The Morgan fingerprint density at radius 2 is 2.06 bits per heavy atom. The monoisotopic (exact) mass is 225 g/mol. The van der Waals surface area contributed by atoms with E-state index in [-0.39, 0.29) is 6.03 Å². The van der Waals surface area contributed by atoms with Crippen LogP contribution in [0, 0.1) is 5.92 Å². The van der Waals surface area contributed by atoms with Gasteiger partial charge in [-0.15, -0.1) is 0 Å². The van der Waals surface area contributed by atoms with Crippen LogP contribution < -0.4 is 10.6 Å². The molecule has 2 aliphatic heterocycles. The number of hydrogen-bond donors (Lipinski definition) is 2. The molecule has 4 heteroatoms. The lowest BCUT2D eigenvalue weighted by molar-refractivity contribution is 0.174. The van der Waals surface area contributed by atoms with Gasteiger partial charge < -0.3 is 15.5 Å². The van der Waals surface area contributed by atoms with Crippen LogP contribution in [0.15, 0.2) is 0 Å². The number of rotatable bonds is 1. The molecule has 0 aromatic rings. The summed E-state index contributed by atoms with van der Waals surface area (Å²) >= 11 is 0. The van der Waals surface area contributed by atoms with Crippen molar-refractivity contribution in [2.24, 2.45) is 5.92 Å². The Morgan fingerprint density at radius 1 is 1.31 bits per heavy atom. The molecule has 2 heterocycles. The minimum atomic E-state index is 0.139. The van der Waals surface area contributed by atoms with Gasteiger partial charge in [0.1, 0.15) is 0 Å². The van der Waals surface area contributed by atoms with Gasteiger partial charge in [0.15, 0.2) is 0 Å². The van der Waals surface area contributed by atoms with Crippen LogP contribution in [0.25, 0.3) is 0 Å². The van der Waals surface area contributed by atoms with E-state index in [0.29, 0.717) is 12.0 Å². The van der Waals surface area contributed by atoms with E-state index in [9.17, 15) is 4.79 Å². The fourth-order valence-corrected chi connectivity index (χ4v) is 2.53. The second-order valence-corrected chi connectivity index (χ2v) is 5.07. The predicted molar refractivity (Wildman–Crippen MR) is 64.4 cm³/mol. The first-order chi connectivity index (χ1) is 7.77. The molecule has 0 spiro atoms. The summed E-state index contributed by atoms with van der Waals surface area (Å²) in [4.78, 5) is 14.0. The van der Waals surface area contributed by atoms with Crippen molar-refractivity contribution in [2.75, 3.05) is 26.2 Å². The fourth-order valence-electron chi connectivity index (χ4n) is 2.53. The van der Waals surface area contributed by atoms with Crippen molar-refractivity contribution in [1.29, 1.82) is 0 Å². The van der Waals surface area contributed by atoms with Crippen LogP contribution in [0.5, 0.6) is 0 Å². The molecule has 2 atom stereocenters. The largest absolute Gasteiger partial charge is 0.334 e. The number of likely N-dealkylation sites (tertiary alicyclic amines) is 1. The summed E-state index contributed by atoms with van der Waals surface area (Å²) in [6.45, 7) is 6.08.